The third-order valence-corrected chi connectivity index (χ3v) is 13.2. The van der Waals surface area contributed by atoms with Crippen LogP contribution in [0.2, 0.25) is 0 Å². The molecule has 13 N–H and O–H groups in total. The second-order valence-electron chi connectivity index (χ2n) is 19.1. The number of nitrogens with one attached hydrogen (secondary N) is 7. The van der Waals surface area contributed by atoms with Crippen molar-refractivity contribution >= 4 is 69.7 Å². The fraction of sp³-hybridized carbons (Fsp3) is 0.491. The number of Topliss-reactive ketones (excluding diaryl/α,β-unsaturated/α-hetero) is 3. The van der Waals surface area contributed by atoms with Crippen LogP contribution in [0.4, 0.5) is 0 Å². The van der Waals surface area contributed by atoms with Gasteiger partial charge in [-0.25, -0.2) is 4.98 Å². The molecule has 0 spiro atoms. The van der Waals surface area contributed by atoms with Crippen molar-refractivity contribution in [3.63, 3.8) is 0 Å². The summed E-state index contributed by atoms with van der Waals surface area (Å²) < 4.78 is 0. The number of nitrogens with zero attached hydrogens (tertiary/aromatic N) is 2. The topological polar surface area (TPSA) is 349 Å². The van der Waals surface area contributed by atoms with Crippen molar-refractivity contribution < 1.29 is 43.2 Å². The molecule has 1 saturated heterocycles. The van der Waals surface area contributed by atoms with Gasteiger partial charge in [0.25, 0.3) is 0 Å². The van der Waals surface area contributed by atoms with Crippen LogP contribution < -0.4 is 43.8 Å². The van der Waals surface area contributed by atoms with E-state index in [1.54, 1.807) is 36.5 Å². The van der Waals surface area contributed by atoms with Gasteiger partial charge in [0, 0.05) is 86.4 Å². The van der Waals surface area contributed by atoms with Gasteiger partial charge in [0.05, 0.1) is 12.4 Å². The molecule has 4 aromatic rings. The summed E-state index contributed by atoms with van der Waals surface area (Å²) in [4.78, 5) is 140. The molecule has 3 heterocycles. The van der Waals surface area contributed by atoms with Gasteiger partial charge in [0.2, 0.25) is 35.4 Å². The number of carbonyl (C=O) groups excluding carboxylic acids is 9. The number of hydrogen-bond acceptors (Lipinski definition) is 11. The summed E-state index contributed by atoms with van der Waals surface area (Å²) in [5.74, 6) is -7.49. The number of aromatic nitrogens is 3. The highest BCUT2D eigenvalue weighted by atomic mass is 16.2. The predicted molar refractivity (Wildman–Crippen MR) is 277 cm³/mol. The van der Waals surface area contributed by atoms with Crippen LogP contribution >= 0.6 is 0 Å². The van der Waals surface area contributed by atoms with Crippen LogP contribution in [0.25, 0.3) is 10.9 Å². The lowest BCUT2D eigenvalue weighted by atomic mass is 9.83. The number of nitrogens with two attached hydrogens (primary N) is 3. The smallest absolute Gasteiger partial charge is 0.243 e. The van der Waals surface area contributed by atoms with Crippen LogP contribution in [-0.4, -0.2) is 110 Å². The molecule has 0 bridgehead atoms. The van der Waals surface area contributed by atoms with Crippen molar-refractivity contribution in [3.05, 3.63) is 90.1 Å². The molecule has 0 aliphatic carbocycles. The van der Waals surface area contributed by atoms with Crippen molar-refractivity contribution in [2.45, 2.75) is 147 Å². The van der Waals surface area contributed by atoms with Crippen molar-refractivity contribution in [1.29, 1.82) is 0 Å². The third-order valence-electron chi connectivity index (χ3n) is 13.2. The Morgan fingerprint density at radius 2 is 1.50 bits per heavy atom. The molecule has 5 rings (SSSR count). The standard InChI is InChI=1S/C53H72N12O9/c1-3-4-18-42(61-32(2)66)50(72)63-43-20-10-8-16-38(67)21-22-41(48(54)70)62-49(71)35(25-36-29-59-40-19-11-9-17-39(36)40)27-46(68)34(15-12-23-58-53(55)56)26-47(69)44(24-33-13-6-5-7-14-33)64-52(74)45(65-51(43)73)28-37-30-57-31-60-37/h5-7,9,11,13-14,17,19,29-31,34-35,41-45,59H,3-4,8,10,12,15-16,18,20-28H2,1-2H3,(H2,54,70)(H,57,60)(H,61,66)(H,62,71)(H,63,72)(H,64,74)(H,65,73)(H4,55,56,58)/t34-,35-,41+,42+,43+,44-,45+/m1/s1. The summed E-state index contributed by atoms with van der Waals surface area (Å²) in [5, 5.41) is 14.6. The number of H-pyrrole nitrogens is 2. The number of rotatable bonds is 17. The van der Waals surface area contributed by atoms with Crippen molar-refractivity contribution in [2.75, 3.05) is 6.54 Å². The Morgan fingerprint density at radius 3 is 2.20 bits per heavy atom. The zero-order valence-corrected chi connectivity index (χ0v) is 42.3. The number of para-hydroxylation sites is 1. The summed E-state index contributed by atoms with van der Waals surface area (Å²) in [6.45, 7) is 3.35. The third kappa shape index (κ3) is 18.4. The number of carbonyl (C=O) groups is 9. The first kappa shape index (κ1) is 57.2. The Bertz CT molecular complexity index is 2580. The van der Waals surface area contributed by atoms with Crippen molar-refractivity contribution in [1.82, 2.24) is 41.5 Å². The number of aromatic amines is 2. The van der Waals surface area contributed by atoms with Crippen LogP contribution in [0.3, 0.4) is 0 Å². The SMILES string of the molecule is CCCC[C@H](NC(C)=O)C(=O)N[C@H]1CCCCC(=O)CC[C@@H](C(N)=O)NC(=O)[C@H](Cc2c[nH]c3ccccc23)CC(=O)[C@H](CCCN=C(N)N)CC(=O)[C@@H](Cc2ccccc2)NC(=O)[C@H](Cc2cnc[nH]2)NC1=O. The van der Waals surface area contributed by atoms with E-state index in [1.807, 2.05) is 31.2 Å². The molecule has 21 nitrogen and oxygen atoms in total. The molecule has 6 amide bonds. The van der Waals surface area contributed by atoms with Crippen LogP contribution in [-0.2, 0) is 62.4 Å². The van der Waals surface area contributed by atoms with E-state index in [0.717, 1.165) is 22.9 Å². The van der Waals surface area contributed by atoms with E-state index in [0.29, 0.717) is 24.1 Å². The Morgan fingerprint density at radius 1 is 0.770 bits per heavy atom. The summed E-state index contributed by atoms with van der Waals surface area (Å²) >= 11 is 0. The molecule has 1 aliphatic heterocycles. The molecule has 0 saturated carbocycles. The van der Waals surface area contributed by atoms with E-state index in [4.69, 9.17) is 17.2 Å². The van der Waals surface area contributed by atoms with Crippen LogP contribution in [0.15, 0.2) is 78.3 Å². The van der Waals surface area contributed by atoms with E-state index >= 15 is 0 Å². The predicted octanol–water partition coefficient (Wildman–Crippen LogP) is 2.17. The van der Waals surface area contributed by atoms with Gasteiger partial charge in [-0.15, -0.1) is 0 Å². The van der Waals surface area contributed by atoms with E-state index in [1.165, 1.54) is 19.4 Å². The monoisotopic (exact) mass is 1020 g/mol. The van der Waals surface area contributed by atoms with Crippen molar-refractivity contribution in [2.24, 2.45) is 34.0 Å². The first-order valence-corrected chi connectivity index (χ1v) is 25.5. The minimum Gasteiger partial charge on any atom is -0.370 e. The zero-order valence-electron chi connectivity index (χ0n) is 42.3. The minimum atomic E-state index is -1.33. The fourth-order valence-corrected chi connectivity index (χ4v) is 9.15. The van der Waals surface area contributed by atoms with Gasteiger partial charge >= 0.3 is 0 Å². The second kappa shape index (κ2) is 29.1. The lowest BCUT2D eigenvalue weighted by Gasteiger charge is -2.27. The Kier molecular flexibility index (Phi) is 22.5. The fourth-order valence-electron chi connectivity index (χ4n) is 9.15. The maximum absolute atomic E-state index is 14.8. The summed E-state index contributed by atoms with van der Waals surface area (Å²) in [6.07, 6.45) is 6.19. The highest BCUT2D eigenvalue weighted by molar-refractivity contribution is 5.98. The molecule has 74 heavy (non-hydrogen) atoms. The van der Waals surface area contributed by atoms with E-state index in [9.17, 15) is 43.2 Å². The van der Waals surface area contributed by atoms with E-state index < -0.39 is 89.1 Å². The van der Waals surface area contributed by atoms with Gasteiger partial charge in [-0.2, -0.15) is 0 Å². The molecule has 21 heteroatoms. The highest BCUT2D eigenvalue weighted by Crippen LogP contribution is 2.26. The molecule has 1 fully saturated rings. The van der Waals surface area contributed by atoms with E-state index in [2.05, 4.69) is 46.5 Å². The number of ketones is 3. The number of benzene rings is 2. The number of unbranched alkanes of at least 4 members (excludes halogenated alkanes) is 1. The number of guanidine groups is 1. The van der Waals surface area contributed by atoms with Gasteiger partial charge in [0.15, 0.2) is 11.7 Å². The van der Waals surface area contributed by atoms with E-state index in [-0.39, 0.29) is 102 Å². The largest absolute Gasteiger partial charge is 0.370 e. The number of aliphatic imine (C=N–C) groups is 1. The van der Waals surface area contributed by atoms with Gasteiger partial charge in [-0.05, 0) is 68.6 Å². The summed E-state index contributed by atoms with van der Waals surface area (Å²) in [7, 11) is 0. The molecule has 398 valence electrons. The van der Waals surface area contributed by atoms with Crippen LogP contribution in [0.5, 0.6) is 0 Å². The Balaban J connectivity index is 1.55. The number of primary amides is 1. The maximum atomic E-state index is 14.8. The molecule has 0 radical (unpaired) electrons. The lowest BCUT2D eigenvalue weighted by Crippen LogP contribution is -2.58. The molecular formula is C53H72N12O9. The summed E-state index contributed by atoms with van der Waals surface area (Å²) in [6, 6.07) is 10.3. The molecule has 2 aromatic heterocycles. The number of amides is 6. The summed E-state index contributed by atoms with van der Waals surface area (Å²) in [5.41, 5.74) is 19.7. The normalized spacial score (nSPS) is 21.6. The maximum Gasteiger partial charge on any atom is 0.243 e. The number of fused-ring (bicyclic) bond motifs is 1. The average Bonchev–Trinajstić information content (AvgIpc) is 4.04. The molecule has 1 aliphatic rings. The lowest BCUT2D eigenvalue weighted by molar-refractivity contribution is -0.135. The molecule has 0 unspecified atom stereocenters. The quantitative estimate of drug-likeness (QED) is 0.0413. The zero-order chi connectivity index (χ0) is 53.6. The van der Waals surface area contributed by atoms with Gasteiger partial charge < -0.3 is 53.8 Å². The second-order valence-corrected chi connectivity index (χ2v) is 19.1. The average molecular weight is 1020 g/mol. The highest BCUT2D eigenvalue weighted by Gasteiger charge is 2.35. The molecular weight excluding hydrogens is 949 g/mol. The number of imidazole rings is 1. The minimum absolute atomic E-state index is 0.00481. The first-order chi connectivity index (χ1) is 35.5. The van der Waals surface area contributed by atoms with Gasteiger partial charge in [-0.1, -0.05) is 74.7 Å². The van der Waals surface area contributed by atoms with Gasteiger partial charge in [-0.3, -0.25) is 48.1 Å². The molecule has 7 atom stereocenters. The first-order valence-electron chi connectivity index (χ1n) is 25.5. The molecule has 2 aromatic carbocycles. The Labute approximate surface area is 430 Å². The van der Waals surface area contributed by atoms with Crippen LogP contribution in [0, 0.1) is 11.8 Å². The Hall–Kier alpha value is -7.71. The van der Waals surface area contributed by atoms with Gasteiger partial charge in [0.1, 0.15) is 35.7 Å². The van der Waals surface area contributed by atoms with Crippen LogP contribution in [0.1, 0.15) is 114 Å². The van der Waals surface area contributed by atoms with Crippen molar-refractivity contribution in [3.8, 4) is 0 Å². The number of hydrogen-bond donors (Lipinski definition) is 10.